The molecule has 5 heteroatoms. The molecule has 0 saturated carbocycles. The van der Waals surface area contributed by atoms with Crippen molar-refractivity contribution < 1.29 is 13.9 Å². The van der Waals surface area contributed by atoms with Crippen molar-refractivity contribution >= 4 is 15.9 Å². The first-order valence-electron chi connectivity index (χ1n) is 7.48. The summed E-state index contributed by atoms with van der Waals surface area (Å²) in [5.74, 6) is 0.189. The van der Waals surface area contributed by atoms with Gasteiger partial charge in [0.25, 0.3) is 0 Å². The van der Waals surface area contributed by atoms with Gasteiger partial charge in [0, 0.05) is 31.2 Å². The third-order valence-electron chi connectivity index (χ3n) is 4.70. The molecule has 3 unspecified atom stereocenters. The summed E-state index contributed by atoms with van der Waals surface area (Å²) < 4.78 is 26.4. The van der Waals surface area contributed by atoms with Gasteiger partial charge in [0.05, 0.1) is 16.7 Å². The van der Waals surface area contributed by atoms with Gasteiger partial charge in [-0.3, -0.25) is 0 Å². The first kappa shape index (κ1) is 15.4. The maximum Gasteiger partial charge on any atom is 0.142 e. The third kappa shape index (κ3) is 3.02. The predicted molar refractivity (Wildman–Crippen MR) is 82.7 cm³/mol. The number of hydrogen-bond donors (Lipinski definition) is 1. The lowest BCUT2D eigenvalue weighted by atomic mass is 9.79. The summed E-state index contributed by atoms with van der Waals surface area (Å²) in [7, 11) is 1.90. The molecule has 1 aromatic carbocycles. The van der Waals surface area contributed by atoms with Gasteiger partial charge in [-0.05, 0) is 47.8 Å². The number of benzene rings is 1. The maximum atomic E-state index is 14.4. The summed E-state index contributed by atoms with van der Waals surface area (Å²) in [6.45, 7) is 2.16. The molecule has 2 aliphatic heterocycles. The molecule has 1 aromatic rings. The number of hydrogen-bond acceptors (Lipinski definition) is 3. The molecule has 3 rings (SSSR count). The Bertz CT molecular complexity index is 505. The van der Waals surface area contributed by atoms with Crippen LogP contribution < -0.4 is 5.32 Å². The number of nitrogens with one attached hydrogen (secondary N) is 1. The topological polar surface area (TPSA) is 30.5 Å². The summed E-state index contributed by atoms with van der Waals surface area (Å²) in [6, 6.07) is 5.50. The van der Waals surface area contributed by atoms with Gasteiger partial charge in [0.2, 0.25) is 0 Å². The second kappa shape index (κ2) is 6.32. The van der Waals surface area contributed by atoms with E-state index in [1.165, 1.54) is 0 Å². The van der Waals surface area contributed by atoms with Crippen molar-refractivity contribution in [2.24, 2.45) is 5.92 Å². The van der Waals surface area contributed by atoms with Crippen LogP contribution in [-0.4, -0.2) is 32.5 Å². The van der Waals surface area contributed by atoms with Crippen molar-refractivity contribution in [1.29, 1.82) is 0 Å². The lowest BCUT2D eigenvalue weighted by Gasteiger charge is -2.40. The van der Waals surface area contributed by atoms with E-state index < -0.39 is 0 Å². The fourth-order valence-electron chi connectivity index (χ4n) is 3.62. The Kier molecular flexibility index (Phi) is 4.64. The first-order chi connectivity index (χ1) is 10.2. The molecule has 3 nitrogen and oxygen atoms in total. The predicted octanol–water partition coefficient (Wildman–Crippen LogP) is 3.43. The van der Waals surface area contributed by atoms with Crippen LogP contribution in [0.1, 0.15) is 30.9 Å². The van der Waals surface area contributed by atoms with Crippen LogP contribution in [0.3, 0.4) is 0 Å². The summed E-state index contributed by atoms with van der Waals surface area (Å²) >= 11 is 3.28. The van der Waals surface area contributed by atoms with Crippen molar-refractivity contribution in [3.05, 3.63) is 34.1 Å². The van der Waals surface area contributed by atoms with E-state index in [1.54, 1.807) is 6.07 Å². The molecule has 3 atom stereocenters. The van der Waals surface area contributed by atoms with E-state index >= 15 is 0 Å². The van der Waals surface area contributed by atoms with E-state index in [9.17, 15) is 4.39 Å². The normalized spacial score (nSPS) is 30.7. The number of rotatable bonds is 3. The summed E-state index contributed by atoms with van der Waals surface area (Å²) in [5, 5.41) is 3.31. The summed E-state index contributed by atoms with van der Waals surface area (Å²) in [5.41, 5.74) is 0.577. The van der Waals surface area contributed by atoms with E-state index in [2.05, 4.69) is 21.2 Å². The van der Waals surface area contributed by atoms with Gasteiger partial charge >= 0.3 is 0 Å². The van der Waals surface area contributed by atoms with Crippen LogP contribution in [0.5, 0.6) is 0 Å². The van der Waals surface area contributed by atoms with Crippen molar-refractivity contribution in [3.63, 3.8) is 0 Å². The zero-order valence-electron chi connectivity index (χ0n) is 12.2. The molecule has 2 fully saturated rings. The molecule has 0 aliphatic carbocycles. The zero-order chi connectivity index (χ0) is 14.9. The van der Waals surface area contributed by atoms with E-state index in [0.29, 0.717) is 17.0 Å². The highest BCUT2D eigenvalue weighted by molar-refractivity contribution is 9.10. The van der Waals surface area contributed by atoms with Crippen LogP contribution in [0, 0.1) is 11.7 Å². The Morgan fingerprint density at radius 3 is 3.00 bits per heavy atom. The zero-order valence-corrected chi connectivity index (χ0v) is 13.8. The molecule has 1 spiro atoms. The smallest absolute Gasteiger partial charge is 0.142 e. The van der Waals surface area contributed by atoms with Crippen LogP contribution in [0.25, 0.3) is 0 Å². The van der Waals surface area contributed by atoms with Crippen LogP contribution in [0.2, 0.25) is 0 Å². The molecule has 21 heavy (non-hydrogen) atoms. The average molecular weight is 358 g/mol. The molecule has 116 valence electrons. The van der Waals surface area contributed by atoms with Gasteiger partial charge in [-0.1, -0.05) is 12.1 Å². The molecular formula is C16H21BrFNO2. The van der Waals surface area contributed by atoms with Crippen LogP contribution in [0.15, 0.2) is 22.7 Å². The van der Waals surface area contributed by atoms with E-state index in [4.69, 9.17) is 9.47 Å². The van der Waals surface area contributed by atoms with Gasteiger partial charge < -0.3 is 14.8 Å². The molecule has 0 bridgehead atoms. The highest BCUT2D eigenvalue weighted by Gasteiger charge is 2.43. The van der Waals surface area contributed by atoms with Crippen molar-refractivity contribution in [3.8, 4) is 0 Å². The van der Waals surface area contributed by atoms with Crippen molar-refractivity contribution in [1.82, 2.24) is 5.32 Å². The molecular weight excluding hydrogens is 337 g/mol. The highest BCUT2D eigenvalue weighted by atomic mass is 79.9. The lowest BCUT2D eigenvalue weighted by Crippen LogP contribution is -2.43. The van der Waals surface area contributed by atoms with Crippen molar-refractivity contribution in [2.45, 2.75) is 30.9 Å². The number of ether oxygens (including phenoxy) is 2. The Hall–Kier alpha value is -0.490. The van der Waals surface area contributed by atoms with Gasteiger partial charge in [0.1, 0.15) is 5.82 Å². The standard InChI is InChI=1S/C16H21BrFNO2/c1-19-15(12-3-2-4-13(17)14(12)18)11-5-7-21-16(9-11)6-8-20-10-16/h2-4,11,15,19H,5-10H2,1H3. The van der Waals surface area contributed by atoms with Gasteiger partial charge in [-0.2, -0.15) is 0 Å². The fourth-order valence-corrected chi connectivity index (χ4v) is 4.00. The Morgan fingerprint density at radius 2 is 2.29 bits per heavy atom. The minimum atomic E-state index is -0.167. The van der Waals surface area contributed by atoms with E-state index in [-0.39, 0.29) is 17.5 Å². The second-order valence-corrected chi connectivity index (χ2v) is 6.85. The Morgan fingerprint density at radius 1 is 1.43 bits per heavy atom. The van der Waals surface area contributed by atoms with Gasteiger partial charge in [-0.15, -0.1) is 0 Å². The van der Waals surface area contributed by atoms with Crippen LogP contribution in [-0.2, 0) is 9.47 Å². The summed E-state index contributed by atoms with van der Waals surface area (Å²) in [6.07, 6.45) is 2.81. The molecule has 0 aromatic heterocycles. The molecule has 0 radical (unpaired) electrons. The SMILES string of the molecule is CNC(c1cccc(Br)c1F)C1CCOC2(CCOC2)C1. The van der Waals surface area contributed by atoms with Crippen molar-refractivity contribution in [2.75, 3.05) is 26.9 Å². The molecule has 0 amide bonds. The minimum absolute atomic E-state index is 0.00359. The molecule has 2 heterocycles. The lowest BCUT2D eigenvalue weighted by molar-refractivity contribution is -0.103. The summed E-state index contributed by atoms with van der Waals surface area (Å²) in [4.78, 5) is 0. The number of halogens is 2. The third-order valence-corrected chi connectivity index (χ3v) is 5.31. The van der Waals surface area contributed by atoms with Gasteiger partial charge in [-0.25, -0.2) is 4.39 Å². The van der Waals surface area contributed by atoms with Crippen LogP contribution >= 0.6 is 15.9 Å². The first-order valence-corrected chi connectivity index (χ1v) is 8.27. The monoisotopic (exact) mass is 357 g/mol. The minimum Gasteiger partial charge on any atom is -0.378 e. The average Bonchev–Trinajstić information content (AvgIpc) is 2.92. The van der Waals surface area contributed by atoms with Gasteiger partial charge in [0.15, 0.2) is 0 Å². The quantitative estimate of drug-likeness (QED) is 0.898. The Balaban J connectivity index is 1.84. The van der Waals surface area contributed by atoms with E-state index in [0.717, 1.165) is 38.0 Å². The van der Waals surface area contributed by atoms with Crippen LogP contribution in [0.4, 0.5) is 4.39 Å². The maximum absolute atomic E-state index is 14.4. The van der Waals surface area contributed by atoms with E-state index in [1.807, 2.05) is 19.2 Å². The highest BCUT2D eigenvalue weighted by Crippen LogP contribution is 2.41. The second-order valence-electron chi connectivity index (χ2n) is 6.00. The molecule has 1 N–H and O–H groups in total. The molecule has 2 saturated heterocycles. The largest absolute Gasteiger partial charge is 0.378 e. The molecule has 2 aliphatic rings. The fraction of sp³-hybridized carbons (Fsp3) is 0.625. The Labute approximate surface area is 133 Å².